The summed E-state index contributed by atoms with van der Waals surface area (Å²) in [5, 5.41) is -0.0696. The van der Waals surface area contributed by atoms with Gasteiger partial charge in [0.2, 0.25) is 5.91 Å². The number of nitrogens with zero attached hydrogens (tertiary/aromatic N) is 2. The smallest absolute Gasteiger partial charge is 0.237 e. The number of amides is 1. The second kappa shape index (κ2) is 9.52. The quantitative estimate of drug-likeness (QED) is 0.668. The number of thioether (sulfide) groups is 1. The van der Waals surface area contributed by atoms with Gasteiger partial charge in [-0.15, -0.1) is 11.8 Å². The number of hydrogen-bond acceptors (Lipinski definition) is 3. The Morgan fingerprint density at radius 1 is 1.11 bits per heavy atom. The van der Waals surface area contributed by atoms with Crippen molar-refractivity contribution in [1.82, 2.24) is 9.80 Å². The minimum absolute atomic E-state index is 0.0696. The fourth-order valence-electron chi connectivity index (χ4n) is 3.46. The number of carbonyl (C=O) groups is 1. The van der Waals surface area contributed by atoms with Gasteiger partial charge in [0.05, 0.1) is 6.54 Å². The summed E-state index contributed by atoms with van der Waals surface area (Å²) in [4.78, 5) is 17.1. The van der Waals surface area contributed by atoms with Crippen molar-refractivity contribution in [3.63, 3.8) is 0 Å². The molecule has 6 heteroatoms. The van der Waals surface area contributed by atoms with E-state index < -0.39 is 0 Å². The number of carbonyl (C=O) groups excluding carboxylic acids is 1. The maximum atomic E-state index is 13.2. The maximum absolute atomic E-state index is 13.2. The molecule has 28 heavy (non-hydrogen) atoms. The first-order valence-corrected chi connectivity index (χ1v) is 10.6. The summed E-state index contributed by atoms with van der Waals surface area (Å²) in [6.07, 6.45) is 0. The van der Waals surface area contributed by atoms with Crippen molar-refractivity contribution in [3.8, 4) is 0 Å². The second-order valence-electron chi connectivity index (χ2n) is 7.55. The number of benzene rings is 2. The average molecular weight is 405 g/mol. The zero-order chi connectivity index (χ0) is 20.1. The van der Waals surface area contributed by atoms with Gasteiger partial charge in [-0.3, -0.25) is 9.69 Å². The van der Waals surface area contributed by atoms with E-state index in [1.54, 1.807) is 36.0 Å². The molecule has 1 aliphatic heterocycles. The van der Waals surface area contributed by atoms with Crippen LogP contribution in [0.2, 0.25) is 0 Å². The lowest BCUT2D eigenvalue weighted by Gasteiger charge is -2.29. The zero-order valence-electron chi connectivity index (χ0n) is 16.3. The summed E-state index contributed by atoms with van der Waals surface area (Å²) >= 11 is 1.71. The van der Waals surface area contributed by atoms with E-state index in [1.807, 2.05) is 4.90 Å². The van der Waals surface area contributed by atoms with E-state index in [-0.39, 0.29) is 22.9 Å². The van der Waals surface area contributed by atoms with Gasteiger partial charge >= 0.3 is 0 Å². The molecule has 0 spiro atoms. The van der Waals surface area contributed by atoms with E-state index >= 15 is 0 Å². The summed E-state index contributed by atoms with van der Waals surface area (Å²) in [5.41, 5.74) is 1.94. The van der Waals surface area contributed by atoms with Crippen molar-refractivity contribution in [2.45, 2.75) is 25.8 Å². The topological polar surface area (TPSA) is 23.6 Å². The molecular weight excluding hydrogens is 378 g/mol. The minimum Gasteiger partial charge on any atom is -0.325 e. The van der Waals surface area contributed by atoms with Crippen molar-refractivity contribution in [2.75, 3.05) is 25.4 Å². The van der Waals surface area contributed by atoms with Gasteiger partial charge in [-0.05, 0) is 41.3 Å². The van der Waals surface area contributed by atoms with Crippen LogP contribution >= 0.6 is 11.8 Å². The summed E-state index contributed by atoms with van der Waals surface area (Å²) in [7, 11) is 0. The molecule has 1 atom stereocenters. The molecule has 3 nitrogen and oxygen atoms in total. The lowest BCUT2D eigenvalue weighted by atomic mass is 10.1. The Bertz CT molecular complexity index is 780. The predicted octanol–water partition coefficient (Wildman–Crippen LogP) is 4.70. The van der Waals surface area contributed by atoms with Crippen molar-refractivity contribution in [3.05, 3.63) is 71.3 Å². The molecule has 0 radical (unpaired) electrons. The predicted molar refractivity (Wildman–Crippen MR) is 110 cm³/mol. The van der Waals surface area contributed by atoms with E-state index in [4.69, 9.17) is 0 Å². The molecule has 0 unspecified atom stereocenters. The molecule has 2 aromatic carbocycles. The molecule has 0 aromatic heterocycles. The normalized spacial score (nSPS) is 16.9. The fourth-order valence-corrected chi connectivity index (χ4v) is 4.74. The van der Waals surface area contributed by atoms with Gasteiger partial charge in [-0.2, -0.15) is 0 Å². The lowest BCUT2D eigenvalue weighted by Crippen LogP contribution is -2.41. The van der Waals surface area contributed by atoms with Gasteiger partial charge < -0.3 is 4.90 Å². The lowest BCUT2D eigenvalue weighted by molar-refractivity contribution is -0.132. The first kappa shape index (κ1) is 20.8. The van der Waals surface area contributed by atoms with Gasteiger partial charge in [0.15, 0.2) is 0 Å². The fraction of sp³-hybridized carbons (Fsp3) is 0.409. The molecule has 0 N–H and O–H groups in total. The highest BCUT2D eigenvalue weighted by atomic mass is 32.2. The van der Waals surface area contributed by atoms with Crippen LogP contribution in [0.4, 0.5) is 8.78 Å². The average Bonchev–Trinajstić information content (AvgIpc) is 3.13. The zero-order valence-corrected chi connectivity index (χ0v) is 17.1. The largest absolute Gasteiger partial charge is 0.325 e. The van der Waals surface area contributed by atoms with E-state index in [9.17, 15) is 13.6 Å². The SMILES string of the molecule is CC(C)CN(CC(=O)N1CCS[C@H]1c1ccc(F)cc1)Cc1ccc(F)cc1. The molecule has 1 heterocycles. The highest BCUT2D eigenvalue weighted by Crippen LogP contribution is 2.38. The van der Waals surface area contributed by atoms with Crippen LogP contribution in [-0.2, 0) is 11.3 Å². The van der Waals surface area contributed by atoms with E-state index in [0.717, 1.165) is 23.4 Å². The highest BCUT2D eigenvalue weighted by Gasteiger charge is 2.31. The molecular formula is C22H26F2N2OS. The van der Waals surface area contributed by atoms with Gasteiger partial charge in [-0.1, -0.05) is 38.1 Å². The minimum atomic E-state index is -0.271. The van der Waals surface area contributed by atoms with Crippen LogP contribution in [0.25, 0.3) is 0 Å². The van der Waals surface area contributed by atoms with Crippen molar-refractivity contribution >= 4 is 17.7 Å². The molecule has 0 bridgehead atoms. The molecule has 1 aliphatic rings. The van der Waals surface area contributed by atoms with Crippen LogP contribution in [0.15, 0.2) is 48.5 Å². The summed E-state index contributed by atoms with van der Waals surface area (Å²) in [5.74, 6) is 0.824. The molecule has 0 saturated carbocycles. The van der Waals surface area contributed by atoms with E-state index in [0.29, 0.717) is 25.6 Å². The first-order valence-electron chi connectivity index (χ1n) is 9.55. The van der Waals surface area contributed by atoms with Crippen molar-refractivity contribution in [2.24, 2.45) is 5.92 Å². The Morgan fingerprint density at radius 2 is 1.71 bits per heavy atom. The molecule has 1 fully saturated rings. The molecule has 150 valence electrons. The second-order valence-corrected chi connectivity index (χ2v) is 8.74. The van der Waals surface area contributed by atoms with Crippen LogP contribution in [0.3, 0.4) is 0 Å². The summed E-state index contributed by atoms with van der Waals surface area (Å²) in [6, 6.07) is 12.8. The van der Waals surface area contributed by atoms with E-state index in [1.165, 1.54) is 24.3 Å². The highest BCUT2D eigenvalue weighted by molar-refractivity contribution is 7.99. The third-order valence-corrected chi connectivity index (χ3v) is 5.93. The van der Waals surface area contributed by atoms with Crippen LogP contribution in [0.1, 0.15) is 30.3 Å². The van der Waals surface area contributed by atoms with Crippen LogP contribution < -0.4 is 0 Å². The molecule has 1 saturated heterocycles. The van der Waals surface area contributed by atoms with Gasteiger partial charge in [0, 0.05) is 25.4 Å². The van der Waals surface area contributed by atoms with E-state index in [2.05, 4.69) is 18.7 Å². The van der Waals surface area contributed by atoms with Crippen molar-refractivity contribution in [1.29, 1.82) is 0 Å². The van der Waals surface area contributed by atoms with Crippen LogP contribution in [-0.4, -0.2) is 41.1 Å². The maximum Gasteiger partial charge on any atom is 0.237 e. The Hall–Kier alpha value is -1.92. The first-order chi connectivity index (χ1) is 13.4. The van der Waals surface area contributed by atoms with Crippen LogP contribution in [0.5, 0.6) is 0 Å². The van der Waals surface area contributed by atoms with Gasteiger partial charge in [0.25, 0.3) is 0 Å². The number of rotatable bonds is 7. The van der Waals surface area contributed by atoms with Crippen LogP contribution in [0, 0.1) is 17.6 Å². The monoisotopic (exact) mass is 404 g/mol. The molecule has 0 aliphatic carbocycles. The number of hydrogen-bond donors (Lipinski definition) is 0. The molecule has 3 rings (SSSR count). The Balaban J connectivity index is 1.69. The standard InChI is InChI=1S/C22H26F2N2OS/c1-16(2)13-25(14-17-3-7-19(23)8-4-17)15-21(27)26-11-12-28-22(26)18-5-9-20(24)10-6-18/h3-10,16,22H,11-15H2,1-2H3/t22-/m0/s1. The van der Waals surface area contributed by atoms with Crippen molar-refractivity contribution < 1.29 is 13.6 Å². The summed E-state index contributed by atoms with van der Waals surface area (Å²) < 4.78 is 26.4. The van der Waals surface area contributed by atoms with Gasteiger partial charge in [0.1, 0.15) is 17.0 Å². The molecule has 2 aromatic rings. The Kier molecular flexibility index (Phi) is 7.08. The Labute approximate surface area is 169 Å². The third-order valence-electron chi connectivity index (χ3n) is 4.67. The molecule has 1 amide bonds. The third kappa shape index (κ3) is 5.55. The number of halogens is 2. The Morgan fingerprint density at radius 3 is 2.32 bits per heavy atom. The van der Waals surface area contributed by atoms with Gasteiger partial charge in [-0.25, -0.2) is 8.78 Å². The summed E-state index contributed by atoms with van der Waals surface area (Å²) in [6.45, 7) is 6.63.